The number of aromatic amines is 1. The Morgan fingerprint density at radius 2 is 1.88 bits per heavy atom. The van der Waals surface area contributed by atoms with Crippen LogP contribution in [0.15, 0.2) is 42.7 Å². The molecule has 0 spiro atoms. The molecular formula is C20H21N5O. The number of fused-ring (bicyclic) bond motifs is 3. The lowest BCUT2D eigenvalue weighted by Gasteiger charge is -2.26. The van der Waals surface area contributed by atoms with Gasteiger partial charge in [0.15, 0.2) is 5.65 Å². The van der Waals surface area contributed by atoms with Crippen LogP contribution < -0.4 is 0 Å². The topological polar surface area (TPSA) is 58.5 Å². The smallest absolute Gasteiger partial charge is 0.154 e. The van der Waals surface area contributed by atoms with Crippen molar-refractivity contribution in [3.8, 4) is 11.3 Å². The van der Waals surface area contributed by atoms with Gasteiger partial charge in [0.05, 0.1) is 36.1 Å². The first-order valence-electron chi connectivity index (χ1n) is 9.00. The zero-order valence-electron chi connectivity index (χ0n) is 14.8. The molecule has 1 aliphatic rings. The first-order valence-corrected chi connectivity index (χ1v) is 9.00. The largest absolute Gasteiger partial charge is 0.379 e. The zero-order valence-corrected chi connectivity index (χ0v) is 14.8. The molecular weight excluding hydrogens is 326 g/mol. The van der Waals surface area contributed by atoms with Crippen molar-refractivity contribution in [3.05, 3.63) is 54.1 Å². The minimum atomic E-state index is 0.832. The lowest BCUT2D eigenvalue weighted by atomic mass is 10.1. The van der Waals surface area contributed by atoms with Crippen LogP contribution in [0.5, 0.6) is 0 Å². The molecule has 26 heavy (non-hydrogen) atoms. The maximum Gasteiger partial charge on any atom is 0.154 e. The third kappa shape index (κ3) is 2.58. The average Bonchev–Trinajstić information content (AvgIpc) is 3.27. The number of morpholine rings is 1. The van der Waals surface area contributed by atoms with Gasteiger partial charge in [-0.2, -0.15) is 0 Å². The van der Waals surface area contributed by atoms with Gasteiger partial charge in [0.1, 0.15) is 5.82 Å². The van der Waals surface area contributed by atoms with Crippen LogP contribution in [0.3, 0.4) is 0 Å². The van der Waals surface area contributed by atoms with Gasteiger partial charge in [-0.1, -0.05) is 24.3 Å². The lowest BCUT2D eigenvalue weighted by molar-refractivity contribution is 0.0342. The maximum absolute atomic E-state index is 5.42. The minimum Gasteiger partial charge on any atom is -0.379 e. The molecule has 4 heterocycles. The van der Waals surface area contributed by atoms with E-state index < -0.39 is 0 Å². The SMILES string of the molecule is Cc1nc(-c2ccc(CN3CCOCC3)cc2)c2cnc3[nH]ccc3n12. The summed E-state index contributed by atoms with van der Waals surface area (Å²) < 4.78 is 7.58. The Bertz CT molecular complexity index is 1060. The van der Waals surface area contributed by atoms with E-state index in [0.29, 0.717) is 0 Å². The molecule has 1 aliphatic heterocycles. The Morgan fingerprint density at radius 1 is 1.08 bits per heavy atom. The van der Waals surface area contributed by atoms with Crippen molar-refractivity contribution >= 4 is 16.7 Å². The predicted octanol–water partition coefficient (Wildman–Crippen LogP) is 3.02. The molecule has 0 amide bonds. The van der Waals surface area contributed by atoms with Crippen LogP contribution in [0.25, 0.3) is 27.9 Å². The van der Waals surface area contributed by atoms with Crippen molar-refractivity contribution < 1.29 is 4.74 Å². The third-order valence-electron chi connectivity index (χ3n) is 5.08. The number of aromatic nitrogens is 4. The second-order valence-electron chi connectivity index (χ2n) is 6.78. The van der Waals surface area contributed by atoms with Crippen LogP contribution in [0.1, 0.15) is 11.4 Å². The maximum atomic E-state index is 5.42. The number of hydrogen-bond acceptors (Lipinski definition) is 4. The molecule has 0 aliphatic carbocycles. The standard InChI is InChI=1S/C20H21N5O/c1-14-23-19(18-12-22-20-17(25(14)18)6-7-21-20)16-4-2-15(3-5-16)13-24-8-10-26-11-9-24/h2-7,12,21H,8-11,13H2,1H3. The van der Waals surface area contributed by atoms with E-state index in [0.717, 1.165) is 66.6 Å². The summed E-state index contributed by atoms with van der Waals surface area (Å²) in [5.41, 5.74) is 6.40. The number of imidazole rings is 1. The molecule has 6 nitrogen and oxygen atoms in total. The number of benzene rings is 1. The van der Waals surface area contributed by atoms with E-state index in [9.17, 15) is 0 Å². The fourth-order valence-electron chi connectivity index (χ4n) is 3.73. The van der Waals surface area contributed by atoms with Crippen LogP contribution in [0.2, 0.25) is 0 Å². The van der Waals surface area contributed by atoms with Crippen molar-refractivity contribution in [2.45, 2.75) is 13.5 Å². The van der Waals surface area contributed by atoms with Gasteiger partial charge >= 0.3 is 0 Å². The fraction of sp³-hybridized carbons (Fsp3) is 0.300. The first-order chi connectivity index (χ1) is 12.8. The number of aryl methyl sites for hydroxylation is 1. The number of nitrogens with zero attached hydrogens (tertiary/aromatic N) is 4. The Morgan fingerprint density at radius 3 is 2.69 bits per heavy atom. The van der Waals surface area contributed by atoms with Gasteiger partial charge in [-0.15, -0.1) is 0 Å². The van der Waals surface area contributed by atoms with Crippen molar-refractivity contribution in [1.82, 2.24) is 24.3 Å². The van der Waals surface area contributed by atoms with E-state index in [-0.39, 0.29) is 0 Å². The van der Waals surface area contributed by atoms with Gasteiger partial charge in [-0.3, -0.25) is 9.30 Å². The van der Waals surface area contributed by atoms with E-state index in [2.05, 4.69) is 43.5 Å². The Labute approximate surface area is 151 Å². The van der Waals surface area contributed by atoms with Gasteiger partial charge in [0.25, 0.3) is 0 Å². The van der Waals surface area contributed by atoms with Gasteiger partial charge in [0.2, 0.25) is 0 Å². The fourth-order valence-corrected chi connectivity index (χ4v) is 3.73. The van der Waals surface area contributed by atoms with Gasteiger partial charge < -0.3 is 9.72 Å². The number of H-pyrrole nitrogens is 1. The Hall–Kier alpha value is -2.70. The van der Waals surface area contributed by atoms with Gasteiger partial charge in [0, 0.05) is 31.4 Å². The monoisotopic (exact) mass is 347 g/mol. The highest BCUT2D eigenvalue weighted by Gasteiger charge is 2.15. The molecule has 1 fully saturated rings. The number of hydrogen-bond donors (Lipinski definition) is 1. The quantitative estimate of drug-likeness (QED) is 0.619. The predicted molar refractivity (Wildman–Crippen MR) is 101 cm³/mol. The third-order valence-corrected chi connectivity index (χ3v) is 5.08. The molecule has 5 rings (SSSR count). The van der Waals surface area contributed by atoms with Crippen LogP contribution in [-0.2, 0) is 11.3 Å². The molecule has 0 saturated carbocycles. The second kappa shape index (κ2) is 6.23. The molecule has 1 N–H and O–H groups in total. The Kier molecular flexibility index (Phi) is 3.72. The molecule has 3 aromatic heterocycles. The first kappa shape index (κ1) is 15.5. The highest BCUT2D eigenvalue weighted by atomic mass is 16.5. The zero-order chi connectivity index (χ0) is 17.5. The van der Waals surface area contributed by atoms with Crippen molar-refractivity contribution in [2.75, 3.05) is 26.3 Å². The molecule has 1 aromatic carbocycles. The van der Waals surface area contributed by atoms with Crippen LogP contribution in [-0.4, -0.2) is 50.6 Å². The van der Waals surface area contributed by atoms with Crippen molar-refractivity contribution in [1.29, 1.82) is 0 Å². The lowest BCUT2D eigenvalue weighted by Crippen LogP contribution is -2.35. The highest BCUT2D eigenvalue weighted by molar-refractivity contribution is 5.84. The highest BCUT2D eigenvalue weighted by Crippen LogP contribution is 2.27. The Balaban J connectivity index is 1.49. The van der Waals surface area contributed by atoms with Crippen LogP contribution >= 0.6 is 0 Å². The molecule has 132 valence electrons. The van der Waals surface area contributed by atoms with Crippen molar-refractivity contribution in [3.63, 3.8) is 0 Å². The minimum absolute atomic E-state index is 0.832. The normalized spacial score (nSPS) is 15.9. The number of rotatable bonds is 3. The molecule has 6 heteroatoms. The van der Waals surface area contributed by atoms with Crippen LogP contribution in [0.4, 0.5) is 0 Å². The molecule has 1 saturated heterocycles. The van der Waals surface area contributed by atoms with E-state index in [1.807, 2.05) is 25.4 Å². The summed E-state index contributed by atoms with van der Waals surface area (Å²) in [5.74, 6) is 0.972. The molecule has 0 radical (unpaired) electrons. The molecule has 0 bridgehead atoms. The van der Waals surface area contributed by atoms with E-state index >= 15 is 0 Å². The summed E-state index contributed by atoms with van der Waals surface area (Å²) in [6, 6.07) is 10.8. The van der Waals surface area contributed by atoms with Gasteiger partial charge in [-0.25, -0.2) is 9.97 Å². The molecule has 0 unspecified atom stereocenters. The van der Waals surface area contributed by atoms with E-state index in [1.54, 1.807) is 0 Å². The van der Waals surface area contributed by atoms with Gasteiger partial charge in [-0.05, 0) is 18.6 Å². The van der Waals surface area contributed by atoms with E-state index in [4.69, 9.17) is 9.72 Å². The van der Waals surface area contributed by atoms with E-state index in [1.165, 1.54) is 5.56 Å². The summed E-state index contributed by atoms with van der Waals surface area (Å²) >= 11 is 0. The molecule has 4 aromatic rings. The van der Waals surface area contributed by atoms with Crippen LogP contribution in [0, 0.1) is 6.92 Å². The molecule has 0 atom stereocenters. The summed E-state index contributed by atoms with van der Waals surface area (Å²) in [6.07, 6.45) is 3.81. The summed E-state index contributed by atoms with van der Waals surface area (Å²) in [4.78, 5) is 14.9. The summed E-state index contributed by atoms with van der Waals surface area (Å²) in [6.45, 7) is 6.68. The number of ether oxygens (including phenoxy) is 1. The number of nitrogens with one attached hydrogen (secondary N) is 1. The summed E-state index contributed by atoms with van der Waals surface area (Å²) in [7, 11) is 0. The second-order valence-corrected chi connectivity index (χ2v) is 6.78. The average molecular weight is 347 g/mol. The summed E-state index contributed by atoms with van der Waals surface area (Å²) in [5, 5.41) is 0. The van der Waals surface area contributed by atoms with Crippen molar-refractivity contribution in [2.24, 2.45) is 0 Å².